The third kappa shape index (κ3) is 6.43. The topological polar surface area (TPSA) is 113 Å². The molecule has 0 saturated heterocycles. The summed E-state index contributed by atoms with van der Waals surface area (Å²) >= 11 is 0. The van der Waals surface area contributed by atoms with E-state index >= 15 is 0 Å². The lowest BCUT2D eigenvalue weighted by atomic mass is 10.1. The first-order valence-electron chi connectivity index (χ1n) is 5.60. The van der Waals surface area contributed by atoms with E-state index in [-0.39, 0.29) is 18.1 Å². The summed E-state index contributed by atoms with van der Waals surface area (Å²) in [4.78, 5) is 22.1. The van der Waals surface area contributed by atoms with Gasteiger partial charge in [0.2, 0.25) is 0 Å². The van der Waals surface area contributed by atoms with Crippen LogP contribution >= 0.6 is 0 Å². The molecule has 0 aromatic rings. The Morgan fingerprint density at radius 1 is 1.28 bits per heavy atom. The van der Waals surface area contributed by atoms with E-state index in [1.165, 1.54) is 13.8 Å². The van der Waals surface area contributed by atoms with Crippen molar-refractivity contribution in [3.8, 4) is 0 Å². The zero-order valence-corrected chi connectivity index (χ0v) is 11.6. The van der Waals surface area contributed by atoms with Crippen LogP contribution in [0.5, 0.6) is 0 Å². The van der Waals surface area contributed by atoms with Crippen molar-refractivity contribution < 1.29 is 23.1 Å². The number of carboxylic acid groups (broad SMARTS) is 1. The molecule has 0 heterocycles. The molecule has 0 bridgehead atoms. The van der Waals surface area contributed by atoms with E-state index < -0.39 is 27.4 Å². The largest absolute Gasteiger partial charge is 0.480 e. The first-order valence-corrected chi connectivity index (χ1v) is 7.42. The van der Waals surface area contributed by atoms with Crippen LogP contribution < -0.4 is 10.6 Å². The van der Waals surface area contributed by atoms with Crippen LogP contribution in [0.4, 0.5) is 4.79 Å². The van der Waals surface area contributed by atoms with E-state index in [1.807, 2.05) is 0 Å². The molecule has 0 aliphatic carbocycles. The van der Waals surface area contributed by atoms with Crippen molar-refractivity contribution >= 4 is 21.8 Å². The first-order chi connectivity index (χ1) is 8.10. The van der Waals surface area contributed by atoms with Gasteiger partial charge in [-0.1, -0.05) is 6.92 Å². The summed E-state index contributed by atoms with van der Waals surface area (Å²) in [6, 6.07) is -0.628. The number of rotatable bonds is 7. The molecular formula is C10H20N2O5S. The van der Waals surface area contributed by atoms with Crippen LogP contribution in [-0.2, 0) is 14.6 Å². The number of hydrogen-bond donors (Lipinski definition) is 3. The fraction of sp³-hybridized carbons (Fsp3) is 0.800. The van der Waals surface area contributed by atoms with Crippen molar-refractivity contribution in [1.82, 2.24) is 10.6 Å². The predicted molar refractivity (Wildman–Crippen MR) is 67.2 cm³/mol. The summed E-state index contributed by atoms with van der Waals surface area (Å²) in [5.74, 6) is -1.07. The normalized spacial score (nSPS) is 11.9. The van der Waals surface area contributed by atoms with Crippen LogP contribution in [0.3, 0.4) is 0 Å². The smallest absolute Gasteiger partial charge is 0.328 e. The maximum atomic E-state index is 11.3. The molecule has 0 radical (unpaired) electrons. The van der Waals surface area contributed by atoms with E-state index in [4.69, 9.17) is 5.11 Å². The fourth-order valence-electron chi connectivity index (χ4n) is 1.02. The van der Waals surface area contributed by atoms with Crippen molar-refractivity contribution in [3.05, 3.63) is 0 Å². The molecule has 0 rings (SSSR count). The quantitative estimate of drug-likeness (QED) is 0.567. The number of carbonyl (C=O) groups is 2. The van der Waals surface area contributed by atoms with Gasteiger partial charge in [0.05, 0.1) is 5.75 Å². The lowest BCUT2D eigenvalue weighted by Crippen LogP contribution is -2.53. The molecular weight excluding hydrogens is 260 g/mol. The first kappa shape index (κ1) is 16.7. The Morgan fingerprint density at radius 3 is 2.28 bits per heavy atom. The molecule has 2 amide bonds. The molecule has 3 N–H and O–H groups in total. The van der Waals surface area contributed by atoms with E-state index in [0.717, 1.165) is 0 Å². The number of urea groups is 1. The monoisotopic (exact) mass is 280 g/mol. The van der Waals surface area contributed by atoms with Crippen LogP contribution in [0.25, 0.3) is 0 Å². The van der Waals surface area contributed by atoms with Gasteiger partial charge in [-0.3, -0.25) is 0 Å². The molecule has 0 aliphatic heterocycles. The van der Waals surface area contributed by atoms with Crippen LogP contribution in [0.2, 0.25) is 0 Å². The highest BCUT2D eigenvalue weighted by molar-refractivity contribution is 7.91. The molecule has 18 heavy (non-hydrogen) atoms. The molecule has 0 aliphatic rings. The minimum atomic E-state index is -3.03. The second-order valence-electron chi connectivity index (χ2n) is 4.40. The summed E-state index contributed by atoms with van der Waals surface area (Å²) in [7, 11) is -3.03. The number of nitrogens with one attached hydrogen (secondary N) is 2. The van der Waals surface area contributed by atoms with E-state index in [2.05, 4.69) is 10.6 Å². The van der Waals surface area contributed by atoms with Gasteiger partial charge in [0, 0.05) is 12.3 Å². The second-order valence-corrected chi connectivity index (χ2v) is 6.87. The number of carboxylic acids is 1. The van der Waals surface area contributed by atoms with Gasteiger partial charge < -0.3 is 15.7 Å². The minimum Gasteiger partial charge on any atom is -0.480 e. The van der Waals surface area contributed by atoms with Crippen molar-refractivity contribution in [3.63, 3.8) is 0 Å². The SMILES string of the molecule is CCS(=O)(=O)CCCNC(=O)NC(C)(C)C(=O)O. The van der Waals surface area contributed by atoms with Crippen molar-refractivity contribution in [2.45, 2.75) is 32.7 Å². The standard InChI is InChI=1S/C10H20N2O5S/c1-4-18(16,17)7-5-6-11-9(15)12-10(2,3)8(13)14/h4-7H2,1-3H3,(H,13,14)(H2,11,12,15). The zero-order chi connectivity index (χ0) is 14.4. The van der Waals surface area contributed by atoms with Crippen LogP contribution in [-0.4, -0.2) is 49.1 Å². The molecule has 0 fully saturated rings. The molecule has 0 spiro atoms. The zero-order valence-electron chi connectivity index (χ0n) is 10.8. The molecule has 0 saturated carbocycles. The Morgan fingerprint density at radius 2 is 1.83 bits per heavy atom. The van der Waals surface area contributed by atoms with Gasteiger partial charge in [-0.05, 0) is 20.3 Å². The molecule has 7 nitrogen and oxygen atoms in total. The second kappa shape index (κ2) is 6.58. The Hall–Kier alpha value is -1.31. The number of hydrogen-bond acceptors (Lipinski definition) is 4. The Kier molecular flexibility index (Phi) is 6.10. The highest BCUT2D eigenvalue weighted by Gasteiger charge is 2.28. The van der Waals surface area contributed by atoms with Crippen LogP contribution in [0.15, 0.2) is 0 Å². The highest BCUT2D eigenvalue weighted by Crippen LogP contribution is 2.00. The molecule has 0 aromatic heterocycles. The van der Waals surface area contributed by atoms with Crippen molar-refractivity contribution in [2.75, 3.05) is 18.1 Å². The van der Waals surface area contributed by atoms with Crippen molar-refractivity contribution in [1.29, 1.82) is 0 Å². The lowest BCUT2D eigenvalue weighted by molar-refractivity contribution is -0.142. The Labute approximate surface area is 107 Å². The fourth-order valence-corrected chi connectivity index (χ4v) is 1.89. The molecule has 0 aromatic carbocycles. The minimum absolute atomic E-state index is 0.00605. The van der Waals surface area contributed by atoms with Gasteiger partial charge in [0.15, 0.2) is 0 Å². The predicted octanol–water partition coefficient (Wildman–Crippen LogP) is -0.0264. The van der Waals surface area contributed by atoms with E-state index in [0.29, 0.717) is 6.42 Å². The highest BCUT2D eigenvalue weighted by atomic mass is 32.2. The average Bonchev–Trinajstić information content (AvgIpc) is 2.23. The summed E-state index contributed by atoms with van der Waals surface area (Å²) in [6.45, 7) is 4.46. The third-order valence-electron chi connectivity index (χ3n) is 2.32. The van der Waals surface area contributed by atoms with Gasteiger partial charge in [0.1, 0.15) is 15.4 Å². The van der Waals surface area contributed by atoms with E-state index in [1.54, 1.807) is 6.92 Å². The van der Waals surface area contributed by atoms with Gasteiger partial charge in [-0.25, -0.2) is 18.0 Å². The molecule has 8 heteroatoms. The summed E-state index contributed by atoms with van der Waals surface area (Å²) in [6.07, 6.45) is 0.303. The third-order valence-corrected chi connectivity index (χ3v) is 4.11. The van der Waals surface area contributed by atoms with Gasteiger partial charge in [0.25, 0.3) is 0 Å². The maximum Gasteiger partial charge on any atom is 0.328 e. The average molecular weight is 280 g/mol. The van der Waals surface area contributed by atoms with Crippen molar-refractivity contribution in [2.24, 2.45) is 0 Å². The van der Waals surface area contributed by atoms with Crippen LogP contribution in [0, 0.1) is 0 Å². The molecule has 0 atom stereocenters. The Bertz CT molecular complexity index is 402. The maximum absolute atomic E-state index is 11.3. The van der Waals surface area contributed by atoms with Crippen LogP contribution in [0.1, 0.15) is 27.2 Å². The summed E-state index contributed by atoms with van der Waals surface area (Å²) < 4.78 is 22.3. The van der Waals surface area contributed by atoms with Gasteiger partial charge >= 0.3 is 12.0 Å². The Balaban J connectivity index is 3.97. The summed E-state index contributed by atoms with van der Waals surface area (Å²) in [5, 5.41) is 13.5. The number of amides is 2. The summed E-state index contributed by atoms with van der Waals surface area (Å²) in [5.41, 5.74) is -1.36. The number of sulfone groups is 1. The molecule has 106 valence electrons. The van der Waals surface area contributed by atoms with Gasteiger partial charge in [-0.2, -0.15) is 0 Å². The van der Waals surface area contributed by atoms with Gasteiger partial charge in [-0.15, -0.1) is 0 Å². The molecule has 0 unspecified atom stereocenters. The lowest BCUT2D eigenvalue weighted by Gasteiger charge is -2.21. The van der Waals surface area contributed by atoms with E-state index in [9.17, 15) is 18.0 Å². The number of aliphatic carboxylic acids is 1. The number of carbonyl (C=O) groups excluding carboxylic acids is 1.